The van der Waals surface area contributed by atoms with Crippen LogP contribution in [0.15, 0.2) is 6.07 Å². The van der Waals surface area contributed by atoms with Gasteiger partial charge < -0.3 is 9.90 Å². The Bertz CT molecular complexity index is 444. The SMILES string of the molecule is CC(C)(C)c1cc(CCCC(=O)[O-])c(C(C)(C)C)s1. The lowest BCUT2D eigenvalue weighted by Crippen LogP contribution is -2.21. The molecule has 19 heavy (non-hydrogen) atoms. The topological polar surface area (TPSA) is 40.1 Å². The van der Waals surface area contributed by atoms with Crippen LogP contribution in [0.1, 0.15) is 69.7 Å². The van der Waals surface area contributed by atoms with E-state index in [1.807, 2.05) is 11.3 Å². The number of hydrogen-bond acceptors (Lipinski definition) is 3. The minimum Gasteiger partial charge on any atom is -0.550 e. The molecule has 0 N–H and O–H groups in total. The molecule has 1 rings (SSSR count). The van der Waals surface area contributed by atoms with E-state index in [9.17, 15) is 9.90 Å². The Morgan fingerprint density at radius 1 is 1.16 bits per heavy atom. The molecule has 2 nitrogen and oxygen atoms in total. The number of rotatable bonds is 4. The third-order valence-corrected chi connectivity index (χ3v) is 5.09. The van der Waals surface area contributed by atoms with Gasteiger partial charge in [-0.2, -0.15) is 0 Å². The molecule has 0 aromatic carbocycles. The predicted molar refractivity (Wildman–Crippen MR) is 79.7 cm³/mol. The Morgan fingerprint density at radius 2 is 1.74 bits per heavy atom. The molecule has 0 aliphatic carbocycles. The Balaban J connectivity index is 3.00. The standard InChI is InChI=1S/C16H26O2S/c1-15(2,3)12-10-11(8-7-9-13(17)18)14(19-12)16(4,5)6/h10H,7-9H2,1-6H3,(H,17,18)/p-1. The summed E-state index contributed by atoms with van der Waals surface area (Å²) in [4.78, 5) is 13.3. The number of carboxylic acids is 1. The summed E-state index contributed by atoms with van der Waals surface area (Å²) in [6.07, 6.45) is 1.63. The average molecular weight is 281 g/mol. The zero-order valence-corrected chi connectivity index (χ0v) is 13.7. The van der Waals surface area contributed by atoms with Crippen molar-refractivity contribution in [3.05, 3.63) is 21.4 Å². The minimum atomic E-state index is -0.955. The molecular weight excluding hydrogens is 256 g/mol. The van der Waals surface area contributed by atoms with Gasteiger partial charge in [-0.1, -0.05) is 41.5 Å². The number of carbonyl (C=O) groups is 1. The lowest BCUT2D eigenvalue weighted by Gasteiger charge is -2.19. The second-order valence-corrected chi connectivity index (χ2v) is 8.24. The average Bonchev–Trinajstić information content (AvgIpc) is 2.59. The van der Waals surface area contributed by atoms with E-state index in [0.29, 0.717) is 6.42 Å². The number of thiophene rings is 1. The molecule has 0 saturated heterocycles. The first-order valence-electron chi connectivity index (χ1n) is 6.85. The van der Waals surface area contributed by atoms with Gasteiger partial charge in [0.2, 0.25) is 0 Å². The molecule has 0 saturated carbocycles. The maximum atomic E-state index is 10.5. The first-order chi connectivity index (χ1) is 8.51. The zero-order valence-electron chi connectivity index (χ0n) is 12.9. The van der Waals surface area contributed by atoms with Crippen molar-refractivity contribution >= 4 is 17.3 Å². The van der Waals surface area contributed by atoms with Crippen LogP contribution in [0, 0.1) is 0 Å². The van der Waals surface area contributed by atoms with E-state index in [2.05, 4.69) is 47.6 Å². The van der Waals surface area contributed by atoms with Gasteiger partial charge in [0.15, 0.2) is 0 Å². The summed E-state index contributed by atoms with van der Waals surface area (Å²) in [5.74, 6) is -0.955. The summed E-state index contributed by atoms with van der Waals surface area (Å²) in [5.41, 5.74) is 1.58. The zero-order chi connectivity index (χ0) is 14.8. The lowest BCUT2D eigenvalue weighted by atomic mass is 9.88. The van der Waals surface area contributed by atoms with Crippen molar-refractivity contribution < 1.29 is 9.90 Å². The number of aliphatic carboxylic acids is 1. The van der Waals surface area contributed by atoms with Gasteiger partial charge in [-0.15, -0.1) is 11.3 Å². The van der Waals surface area contributed by atoms with E-state index in [0.717, 1.165) is 6.42 Å². The second kappa shape index (κ2) is 5.66. The van der Waals surface area contributed by atoms with Gasteiger partial charge in [0.05, 0.1) is 0 Å². The number of hydrogen-bond donors (Lipinski definition) is 0. The molecule has 0 spiro atoms. The molecule has 0 amide bonds. The molecule has 0 unspecified atom stereocenters. The van der Waals surface area contributed by atoms with Crippen LogP contribution in [-0.4, -0.2) is 5.97 Å². The van der Waals surface area contributed by atoms with Crippen molar-refractivity contribution in [2.24, 2.45) is 0 Å². The predicted octanol–water partition coefficient (Wildman–Crippen LogP) is 3.42. The van der Waals surface area contributed by atoms with Crippen molar-refractivity contribution in [3.63, 3.8) is 0 Å². The minimum absolute atomic E-state index is 0.116. The summed E-state index contributed by atoms with van der Waals surface area (Å²) >= 11 is 1.87. The van der Waals surface area contributed by atoms with Crippen molar-refractivity contribution in [1.82, 2.24) is 0 Å². The molecule has 1 heterocycles. The van der Waals surface area contributed by atoms with E-state index in [1.54, 1.807) is 0 Å². The van der Waals surface area contributed by atoms with Gasteiger partial charge in [0.1, 0.15) is 0 Å². The quantitative estimate of drug-likeness (QED) is 0.848. The number of aryl methyl sites for hydroxylation is 1. The molecule has 0 fully saturated rings. The highest BCUT2D eigenvalue weighted by atomic mass is 32.1. The van der Waals surface area contributed by atoms with Crippen LogP contribution in [-0.2, 0) is 22.0 Å². The van der Waals surface area contributed by atoms with Gasteiger partial charge >= 0.3 is 0 Å². The second-order valence-electron chi connectivity index (χ2n) is 7.19. The first kappa shape index (κ1) is 16.2. The van der Waals surface area contributed by atoms with Gasteiger partial charge in [-0.05, 0) is 41.7 Å². The van der Waals surface area contributed by atoms with Crippen LogP contribution in [0.25, 0.3) is 0 Å². The van der Waals surface area contributed by atoms with E-state index in [1.165, 1.54) is 15.3 Å². The Hall–Kier alpha value is -0.830. The molecule has 0 aliphatic heterocycles. The lowest BCUT2D eigenvalue weighted by molar-refractivity contribution is -0.305. The molecule has 108 valence electrons. The van der Waals surface area contributed by atoms with Crippen LogP contribution >= 0.6 is 11.3 Å². The Labute approximate surface area is 120 Å². The molecule has 0 aliphatic rings. The highest BCUT2D eigenvalue weighted by Gasteiger charge is 2.25. The normalized spacial score (nSPS) is 12.7. The maximum Gasteiger partial charge on any atom is 0.0414 e. The van der Waals surface area contributed by atoms with Gasteiger partial charge in [-0.3, -0.25) is 0 Å². The summed E-state index contributed by atoms with van der Waals surface area (Å²) in [5, 5.41) is 10.5. The third kappa shape index (κ3) is 4.64. The molecule has 3 heteroatoms. The van der Waals surface area contributed by atoms with Crippen molar-refractivity contribution in [1.29, 1.82) is 0 Å². The van der Waals surface area contributed by atoms with E-state index < -0.39 is 5.97 Å². The Morgan fingerprint density at radius 3 is 2.16 bits per heavy atom. The highest BCUT2D eigenvalue weighted by molar-refractivity contribution is 7.12. The van der Waals surface area contributed by atoms with Crippen molar-refractivity contribution in [3.8, 4) is 0 Å². The third-order valence-electron chi connectivity index (χ3n) is 3.06. The monoisotopic (exact) mass is 281 g/mol. The smallest absolute Gasteiger partial charge is 0.0414 e. The van der Waals surface area contributed by atoms with Crippen LogP contribution < -0.4 is 5.11 Å². The van der Waals surface area contributed by atoms with Gasteiger partial charge in [0.25, 0.3) is 0 Å². The van der Waals surface area contributed by atoms with Crippen molar-refractivity contribution in [2.75, 3.05) is 0 Å². The van der Waals surface area contributed by atoms with Crippen LogP contribution in [0.2, 0.25) is 0 Å². The van der Waals surface area contributed by atoms with Crippen LogP contribution in [0.5, 0.6) is 0 Å². The summed E-state index contributed by atoms with van der Waals surface area (Å²) in [6.45, 7) is 13.3. The molecule has 0 bridgehead atoms. The molecule has 0 atom stereocenters. The van der Waals surface area contributed by atoms with Gasteiger partial charge in [-0.25, -0.2) is 0 Å². The molecule has 1 aromatic heterocycles. The fourth-order valence-corrected chi connectivity index (χ4v) is 3.37. The number of carboxylic acid groups (broad SMARTS) is 1. The number of carbonyl (C=O) groups excluding carboxylic acids is 1. The summed E-state index contributed by atoms with van der Waals surface area (Å²) in [7, 11) is 0. The van der Waals surface area contributed by atoms with Gasteiger partial charge in [0, 0.05) is 15.7 Å². The molecule has 1 aromatic rings. The fourth-order valence-electron chi connectivity index (χ4n) is 2.04. The van der Waals surface area contributed by atoms with E-state index in [4.69, 9.17) is 0 Å². The largest absolute Gasteiger partial charge is 0.550 e. The maximum absolute atomic E-state index is 10.5. The summed E-state index contributed by atoms with van der Waals surface area (Å²) < 4.78 is 0. The van der Waals surface area contributed by atoms with Crippen molar-refractivity contribution in [2.45, 2.75) is 71.6 Å². The first-order valence-corrected chi connectivity index (χ1v) is 7.67. The van der Waals surface area contributed by atoms with Crippen LogP contribution in [0.4, 0.5) is 0 Å². The van der Waals surface area contributed by atoms with E-state index in [-0.39, 0.29) is 17.3 Å². The van der Waals surface area contributed by atoms with E-state index >= 15 is 0 Å². The Kier molecular flexibility index (Phi) is 4.83. The summed E-state index contributed by atoms with van der Waals surface area (Å²) in [6, 6.07) is 2.26. The highest BCUT2D eigenvalue weighted by Crippen LogP contribution is 2.39. The molecular formula is C16H25O2S-. The van der Waals surface area contributed by atoms with Crippen LogP contribution in [0.3, 0.4) is 0 Å². The fraction of sp³-hybridized carbons (Fsp3) is 0.688. The molecule has 0 radical (unpaired) electrons.